The van der Waals surface area contributed by atoms with E-state index in [1.165, 1.54) is 0 Å². The Labute approximate surface area is 78.4 Å². The van der Waals surface area contributed by atoms with Crippen molar-refractivity contribution >= 4 is 5.71 Å². The van der Waals surface area contributed by atoms with Crippen molar-refractivity contribution in [3.8, 4) is 0 Å². The van der Waals surface area contributed by atoms with Crippen LogP contribution in [0.2, 0.25) is 0 Å². The van der Waals surface area contributed by atoms with Crippen LogP contribution in [0.1, 0.15) is 33.6 Å². The zero-order valence-corrected chi connectivity index (χ0v) is 8.41. The summed E-state index contributed by atoms with van der Waals surface area (Å²) in [4.78, 5) is 0. The number of aliphatic hydroxyl groups is 1. The van der Waals surface area contributed by atoms with Crippen molar-refractivity contribution in [3.05, 3.63) is 0 Å². The molecule has 13 heavy (non-hydrogen) atoms. The number of fused-ring (bicyclic) bond motifs is 2. The Morgan fingerprint density at radius 2 is 2.00 bits per heavy atom. The topological polar surface area (TPSA) is 52.8 Å². The van der Waals surface area contributed by atoms with E-state index in [1.807, 2.05) is 0 Å². The Morgan fingerprint density at radius 3 is 2.38 bits per heavy atom. The highest BCUT2D eigenvalue weighted by Gasteiger charge is 2.61. The first-order valence-electron chi connectivity index (χ1n) is 4.84. The highest BCUT2D eigenvalue weighted by molar-refractivity contribution is 5.94. The summed E-state index contributed by atoms with van der Waals surface area (Å²) >= 11 is 0. The lowest BCUT2D eigenvalue weighted by molar-refractivity contribution is -0.135. The highest BCUT2D eigenvalue weighted by Crippen LogP contribution is 2.61. The smallest absolute Gasteiger partial charge is 0.106 e. The molecule has 0 saturated heterocycles. The molecule has 0 spiro atoms. The van der Waals surface area contributed by atoms with Crippen LogP contribution < -0.4 is 0 Å². The molecular formula is C10H17NO2. The van der Waals surface area contributed by atoms with E-state index in [0.29, 0.717) is 11.6 Å². The van der Waals surface area contributed by atoms with E-state index in [-0.39, 0.29) is 11.3 Å². The monoisotopic (exact) mass is 183 g/mol. The zero-order chi connectivity index (χ0) is 9.85. The van der Waals surface area contributed by atoms with E-state index in [0.717, 1.165) is 12.8 Å². The first-order valence-corrected chi connectivity index (χ1v) is 4.84. The molecule has 0 aromatic rings. The molecule has 0 aliphatic heterocycles. The molecule has 3 nitrogen and oxygen atoms in total. The second kappa shape index (κ2) is 2.27. The van der Waals surface area contributed by atoms with Crippen LogP contribution in [0.4, 0.5) is 0 Å². The van der Waals surface area contributed by atoms with Gasteiger partial charge in [-0.05, 0) is 37.0 Å². The van der Waals surface area contributed by atoms with Crippen LogP contribution in [-0.2, 0) is 0 Å². The molecule has 3 rings (SSSR count). The summed E-state index contributed by atoms with van der Waals surface area (Å²) in [5.41, 5.74) is -0.127. The van der Waals surface area contributed by atoms with Crippen LogP contribution in [0.15, 0.2) is 5.16 Å². The summed E-state index contributed by atoms with van der Waals surface area (Å²) in [5, 5.41) is 22.2. The van der Waals surface area contributed by atoms with Gasteiger partial charge in [0.1, 0.15) is 5.60 Å². The molecule has 3 fully saturated rings. The summed E-state index contributed by atoms with van der Waals surface area (Å²) in [6.45, 7) is 6.15. The van der Waals surface area contributed by atoms with Gasteiger partial charge in [-0.1, -0.05) is 19.0 Å². The predicted molar refractivity (Wildman–Crippen MR) is 49.8 cm³/mol. The molecule has 3 atom stereocenters. The van der Waals surface area contributed by atoms with Crippen molar-refractivity contribution in [2.24, 2.45) is 22.4 Å². The summed E-state index contributed by atoms with van der Waals surface area (Å²) in [5.74, 6) is 0.841. The Morgan fingerprint density at radius 1 is 1.38 bits per heavy atom. The van der Waals surface area contributed by atoms with Crippen LogP contribution in [0, 0.1) is 17.3 Å². The van der Waals surface area contributed by atoms with Crippen LogP contribution in [-0.4, -0.2) is 21.6 Å². The van der Waals surface area contributed by atoms with Crippen molar-refractivity contribution in [1.29, 1.82) is 0 Å². The Kier molecular flexibility index (Phi) is 1.57. The van der Waals surface area contributed by atoms with Gasteiger partial charge in [-0.3, -0.25) is 0 Å². The lowest BCUT2D eigenvalue weighted by atomic mass is 9.44. The average molecular weight is 183 g/mol. The van der Waals surface area contributed by atoms with Gasteiger partial charge in [-0.25, -0.2) is 0 Å². The largest absolute Gasteiger partial charge is 0.411 e. The van der Waals surface area contributed by atoms with E-state index in [1.54, 1.807) is 6.92 Å². The maximum absolute atomic E-state index is 10.2. The van der Waals surface area contributed by atoms with E-state index in [4.69, 9.17) is 5.21 Å². The molecule has 2 N–H and O–H groups in total. The number of oxime groups is 1. The molecule has 0 aromatic carbocycles. The molecule has 2 bridgehead atoms. The van der Waals surface area contributed by atoms with E-state index < -0.39 is 5.60 Å². The summed E-state index contributed by atoms with van der Waals surface area (Å²) in [6, 6.07) is 0. The standard InChI is InChI=1S/C10H17NO2/c1-9(2)6-4-7(9)10(3,12)8(5-6)11-13/h6-7,12-13H,4-5H2,1-3H3/t6-,7-,10-/m0/s1. The lowest BCUT2D eigenvalue weighted by Crippen LogP contribution is -2.64. The van der Waals surface area contributed by atoms with E-state index >= 15 is 0 Å². The maximum atomic E-state index is 10.2. The molecule has 74 valence electrons. The van der Waals surface area contributed by atoms with Gasteiger partial charge >= 0.3 is 0 Å². The molecule has 3 saturated carbocycles. The first-order chi connectivity index (χ1) is 5.90. The predicted octanol–water partition coefficient (Wildman–Crippen LogP) is 1.63. The van der Waals surface area contributed by atoms with Crippen molar-refractivity contribution in [1.82, 2.24) is 0 Å². The molecule has 0 amide bonds. The van der Waals surface area contributed by atoms with Crippen LogP contribution in [0.25, 0.3) is 0 Å². The number of hydrogen-bond acceptors (Lipinski definition) is 3. The third kappa shape index (κ3) is 0.909. The van der Waals surface area contributed by atoms with Gasteiger partial charge in [0.05, 0.1) is 5.71 Å². The van der Waals surface area contributed by atoms with Crippen molar-refractivity contribution in [2.45, 2.75) is 39.2 Å². The second-order valence-electron chi connectivity index (χ2n) is 5.20. The molecule has 0 heterocycles. The molecular weight excluding hydrogens is 166 g/mol. The minimum Gasteiger partial charge on any atom is -0.411 e. The van der Waals surface area contributed by atoms with Crippen LogP contribution in [0.3, 0.4) is 0 Å². The molecule has 0 unspecified atom stereocenters. The van der Waals surface area contributed by atoms with Gasteiger partial charge < -0.3 is 10.3 Å². The Balaban J connectivity index is 2.34. The molecule has 3 heteroatoms. The van der Waals surface area contributed by atoms with Gasteiger partial charge in [-0.2, -0.15) is 0 Å². The zero-order valence-electron chi connectivity index (χ0n) is 8.41. The Hall–Kier alpha value is -0.570. The highest BCUT2D eigenvalue weighted by atomic mass is 16.4. The van der Waals surface area contributed by atoms with Crippen molar-refractivity contribution < 1.29 is 10.3 Å². The van der Waals surface area contributed by atoms with Gasteiger partial charge in [0.25, 0.3) is 0 Å². The SMILES string of the molecule is CC1(C)[C@@H]2CC(=NO)[C@@](C)(O)[C@H]1C2. The third-order valence-electron chi connectivity index (χ3n) is 4.29. The van der Waals surface area contributed by atoms with E-state index in [2.05, 4.69) is 19.0 Å². The van der Waals surface area contributed by atoms with Crippen LogP contribution >= 0.6 is 0 Å². The summed E-state index contributed by atoms with van der Waals surface area (Å²) in [7, 11) is 0. The minimum absolute atomic E-state index is 0.206. The van der Waals surface area contributed by atoms with Gasteiger partial charge in [0.15, 0.2) is 0 Å². The van der Waals surface area contributed by atoms with Gasteiger partial charge in [0.2, 0.25) is 0 Å². The van der Waals surface area contributed by atoms with Gasteiger partial charge in [0, 0.05) is 0 Å². The van der Waals surface area contributed by atoms with Gasteiger partial charge in [-0.15, -0.1) is 0 Å². The molecule has 3 aliphatic rings. The molecule has 0 radical (unpaired) electrons. The van der Waals surface area contributed by atoms with Crippen LogP contribution in [0.5, 0.6) is 0 Å². The van der Waals surface area contributed by atoms with Crippen molar-refractivity contribution in [2.75, 3.05) is 0 Å². The van der Waals surface area contributed by atoms with E-state index in [9.17, 15) is 5.11 Å². The van der Waals surface area contributed by atoms with Crippen molar-refractivity contribution in [3.63, 3.8) is 0 Å². The second-order valence-corrected chi connectivity index (χ2v) is 5.20. The normalized spacial score (nSPS) is 50.3. The number of rotatable bonds is 0. The Bertz CT molecular complexity index is 268. The fourth-order valence-electron chi connectivity index (χ4n) is 3.10. The summed E-state index contributed by atoms with van der Waals surface area (Å²) < 4.78 is 0. The lowest BCUT2D eigenvalue weighted by Gasteiger charge is -2.62. The number of hydrogen-bond donors (Lipinski definition) is 2. The third-order valence-corrected chi connectivity index (χ3v) is 4.29. The first kappa shape index (κ1) is 9.00. The maximum Gasteiger partial charge on any atom is 0.106 e. The summed E-state index contributed by atoms with van der Waals surface area (Å²) in [6.07, 6.45) is 1.81. The fraction of sp³-hybridized carbons (Fsp3) is 0.900. The number of nitrogens with zero attached hydrogens (tertiary/aromatic N) is 1. The fourth-order valence-corrected chi connectivity index (χ4v) is 3.10. The quantitative estimate of drug-likeness (QED) is 0.443. The minimum atomic E-state index is -0.896. The average Bonchev–Trinajstić information content (AvgIpc) is 2.01. The molecule has 0 aromatic heterocycles. The molecule has 3 aliphatic carbocycles.